The average molecular weight is 228 g/mol. The van der Waals surface area contributed by atoms with Gasteiger partial charge in [-0.1, -0.05) is 12.1 Å². The van der Waals surface area contributed by atoms with Crippen LogP contribution in [0.5, 0.6) is 0 Å². The van der Waals surface area contributed by atoms with Gasteiger partial charge in [0.2, 0.25) is 0 Å². The van der Waals surface area contributed by atoms with E-state index in [0.717, 1.165) is 11.4 Å². The molecular weight excluding hydrogens is 216 g/mol. The van der Waals surface area contributed by atoms with Crippen LogP contribution < -0.4 is 0 Å². The first-order chi connectivity index (χ1) is 8.42. The van der Waals surface area contributed by atoms with Crippen molar-refractivity contribution < 1.29 is 9.47 Å². The van der Waals surface area contributed by atoms with E-state index in [-0.39, 0.29) is 0 Å². The van der Waals surface area contributed by atoms with Crippen molar-refractivity contribution in [2.45, 2.75) is 5.79 Å². The molecule has 0 bridgehead atoms. The first kappa shape index (κ1) is 10.4. The smallest absolute Gasteiger partial charge is 0.257 e. The van der Waals surface area contributed by atoms with Gasteiger partial charge in [0, 0.05) is 12.4 Å². The van der Waals surface area contributed by atoms with E-state index in [1.165, 1.54) is 0 Å². The van der Waals surface area contributed by atoms with Crippen LogP contribution in [0.15, 0.2) is 48.8 Å². The fourth-order valence-electron chi connectivity index (χ4n) is 1.95. The topological polar surface area (TPSA) is 44.2 Å². The SMILES string of the molecule is c1ccc(C2(c3ccccn3)OCCO2)nc1. The van der Waals surface area contributed by atoms with E-state index in [0.29, 0.717) is 13.2 Å². The van der Waals surface area contributed by atoms with E-state index in [4.69, 9.17) is 9.47 Å². The van der Waals surface area contributed by atoms with Gasteiger partial charge < -0.3 is 9.47 Å². The number of hydrogen-bond donors (Lipinski definition) is 0. The lowest BCUT2D eigenvalue weighted by molar-refractivity contribution is -0.136. The summed E-state index contributed by atoms with van der Waals surface area (Å²) in [5.74, 6) is -0.942. The van der Waals surface area contributed by atoms with E-state index >= 15 is 0 Å². The molecule has 1 aliphatic rings. The largest absolute Gasteiger partial charge is 0.337 e. The van der Waals surface area contributed by atoms with Crippen molar-refractivity contribution in [2.24, 2.45) is 0 Å². The molecule has 1 aliphatic heterocycles. The van der Waals surface area contributed by atoms with Crippen molar-refractivity contribution in [3.63, 3.8) is 0 Å². The number of pyridine rings is 2. The van der Waals surface area contributed by atoms with Gasteiger partial charge in [0.15, 0.2) is 0 Å². The molecule has 0 spiro atoms. The molecule has 0 radical (unpaired) electrons. The molecule has 1 fully saturated rings. The van der Waals surface area contributed by atoms with Gasteiger partial charge >= 0.3 is 0 Å². The Kier molecular flexibility index (Phi) is 2.59. The molecule has 17 heavy (non-hydrogen) atoms. The third-order valence-corrected chi connectivity index (χ3v) is 2.70. The van der Waals surface area contributed by atoms with Crippen LogP contribution >= 0.6 is 0 Å². The summed E-state index contributed by atoms with van der Waals surface area (Å²) in [6, 6.07) is 11.3. The van der Waals surface area contributed by atoms with Crippen molar-refractivity contribution in [3.05, 3.63) is 60.2 Å². The van der Waals surface area contributed by atoms with Crippen molar-refractivity contribution >= 4 is 0 Å². The summed E-state index contributed by atoms with van der Waals surface area (Å²) < 4.78 is 11.5. The van der Waals surface area contributed by atoms with Crippen LogP contribution in [0.3, 0.4) is 0 Å². The number of hydrogen-bond acceptors (Lipinski definition) is 4. The van der Waals surface area contributed by atoms with Gasteiger partial charge in [0.1, 0.15) is 11.4 Å². The van der Waals surface area contributed by atoms with Crippen LogP contribution in [0.1, 0.15) is 11.4 Å². The highest BCUT2D eigenvalue weighted by Gasteiger charge is 2.43. The third-order valence-electron chi connectivity index (χ3n) is 2.70. The van der Waals surface area contributed by atoms with Crippen LogP contribution in [-0.4, -0.2) is 23.2 Å². The summed E-state index contributed by atoms with van der Waals surface area (Å²) in [4.78, 5) is 8.64. The zero-order valence-corrected chi connectivity index (χ0v) is 9.24. The van der Waals surface area contributed by atoms with Crippen molar-refractivity contribution in [2.75, 3.05) is 13.2 Å². The van der Waals surface area contributed by atoms with Crippen molar-refractivity contribution in [3.8, 4) is 0 Å². The second-order valence-corrected chi connectivity index (χ2v) is 3.74. The van der Waals surface area contributed by atoms with Crippen molar-refractivity contribution in [1.82, 2.24) is 9.97 Å². The molecule has 2 aromatic heterocycles. The van der Waals surface area contributed by atoms with E-state index in [1.54, 1.807) is 12.4 Å². The summed E-state index contributed by atoms with van der Waals surface area (Å²) in [6.45, 7) is 1.10. The average Bonchev–Trinajstić information content (AvgIpc) is 2.91. The van der Waals surface area contributed by atoms with Gasteiger partial charge in [-0.3, -0.25) is 9.97 Å². The van der Waals surface area contributed by atoms with Gasteiger partial charge in [-0.25, -0.2) is 0 Å². The zero-order chi connectivity index (χ0) is 11.6. The Bertz CT molecular complexity index is 440. The quantitative estimate of drug-likeness (QED) is 0.785. The van der Waals surface area contributed by atoms with Gasteiger partial charge in [-0.2, -0.15) is 0 Å². The molecule has 4 nitrogen and oxygen atoms in total. The summed E-state index contributed by atoms with van der Waals surface area (Å²) >= 11 is 0. The molecule has 2 aromatic rings. The van der Waals surface area contributed by atoms with Gasteiger partial charge in [-0.05, 0) is 24.3 Å². The van der Waals surface area contributed by atoms with E-state index in [1.807, 2.05) is 36.4 Å². The Morgan fingerprint density at radius 1 is 0.824 bits per heavy atom. The Morgan fingerprint density at radius 3 is 1.76 bits per heavy atom. The standard InChI is InChI=1S/C13H12N2O2/c1-3-7-14-11(5-1)13(16-9-10-17-13)12-6-2-4-8-15-12/h1-8H,9-10H2. The molecule has 0 unspecified atom stereocenters. The number of nitrogens with zero attached hydrogens (tertiary/aromatic N) is 2. The number of aromatic nitrogens is 2. The minimum absolute atomic E-state index is 0.549. The highest BCUT2D eigenvalue weighted by molar-refractivity contribution is 5.24. The zero-order valence-electron chi connectivity index (χ0n) is 9.24. The highest BCUT2D eigenvalue weighted by atomic mass is 16.7. The van der Waals surface area contributed by atoms with Gasteiger partial charge in [0.25, 0.3) is 5.79 Å². The molecular formula is C13H12N2O2. The minimum Gasteiger partial charge on any atom is -0.337 e. The molecule has 0 amide bonds. The molecule has 0 N–H and O–H groups in total. The second-order valence-electron chi connectivity index (χ2n) is 3.74. The summed E-state index contributed by atoms with van der Waals surface area (Å²) in [7, 11) is 0. The molecule has 3 rings (SSSR count). The Balaban J connectivity index is 2.11. The lowest BCUT2D eigenvalue weighted by Crippen LogP contribution is -2.30. The monoisotopic (exact) mass is 228 g/mol. The molecule has 1 saturated heterocycles. The van der Waals surface area contributed by atoms with Crippen LogP contribution in [0, 0.1) is 0 Å². The first-order valence-corrected chi connectivity index (χ1v) is 5.53. The van der Waals surface area contributed by atoms with Gasteiger partial charge in [0.05, 0.1) is 13.2 Å². The molecule has 86 valence electrons. The second kappa shape index (κ2) is 4.24. The lowest BCUT2D eigenvalue weighted by Gasteiger charge is -2.25. The van der Waals surface area contributed by atoms with Crippen LogP contribution in [0.4, 0.5) is 0 Å². The predicted molar refractivity (Wildman–Crippen MR) is 61.2 cm³/mol. The molecule has 3 heterocycles. The molecule has 0 saturated carbocycles. The van der Waals surface area contributed by atoms with E-state index in [2.05, 4.69) is 9.97 Å². The van der Waals surface area contributed by atoms with Crippen LogP contribution in [0.25, 0.3) is 0 Å². The lowest BCUT2D eigenvalue weighted by atomic mass is 10.1. The first-order valence-electron chi connectivity index (χ1n) is 5.53. The fourth-order valence-corrected chi connectivity index (χ4v) is 1.95. The number of ether oxygens (including phenoxy) is 2. The third kappa shape index (κ3) is 1.71. The molecule has 0 aromatic carbocycles. The minimum atomic E-state index is -0.942. The Morgan fingerprint density at radius 2 is 1.35 bits per heavy atom. The summed E-state index contributed by atoms with van der Waals surface area (Å²) in [5.41, 5.74) is 1.47. The van der Waals surface area contributed by atoms with Crippen LogP contribution in [-0.2, 0) is 15.3 Å². The highest BCUT2D eigenvalue weighted by Crippen LogP contribution is 2.35. The predicted octanol–water partition coefficient (Wildman–Crippen LogP) is 1.72. The summed E-state index contributed by atoms with van der Waals surface area (Å²) in [6.07, 6.45) is 3.45. The van der Waals surface area contributed by atoms with Gasteiger partial charge in [-0.15, -0.1) is 0 Å². The van der Waals surface area contributed by atoms with E-state index < -0.39 is 5.79 Å². The normalized spacial score (nSPS) is 18.1. The maximum absolute atomic E-state index is 5.77. The maximum Gasteiger partial charge on any atom is 0.257 e. The molecule has 0 atom stereocenters. The molecule has 0 aliphatic carbocycles. The Hall–Kier alpha value is -1.78. The number of rotatable bonds is 2. The Labute approximate surface area is 99.2 Å². The molecule has 4 heteroatoms. The maximum atomic E-state index is 5.77. The van der Waals surface area contributed by atoms with E-state index in [9.17, 15) is 0 Å². The van der Waals surface area contributed by atoms with Crippen LogP contribution in [0.2, 0.25) is 0 Å². The summed E-state index contributed by atoms with van der Waals surface area (Å²) in [5, 5.41) is 0. The van der Waals surface area contributed by atoms with Crippen molar-refractivity contribution in [1.29, 1.82) is 0 Å². The fraction of sp³-hybridized carbons (Fsp3) is 0.231.